The summed E-state index contributed by atoms with van der Waals surface area (Å²) in [5, 5.41) is 7.58. The van der Waals surface area contributed by atoms with E-state index < -0.39 is 0 Å². The van der Waals surface area contributed by atoms with Gasteiger partial charge in [0.15, 0.2) is 11.5 Å². The predicted octanol–water partition coefficient (Wildman–Crippen LogP) is 2.11. The van der Waals surface area contributed by atoms with Crippen LogP contribution in [0, 0.1) is 11.7 Å². The van der Waals surface area contributed by atoms with Crippen molar-refractivity contribution in [1.82, 2.24) is 14.6 Å². The highest BCUT2D eigenvalue weighted by Crippen LogP contribution is 2.33. The second-order valence-corrected chi connectivity index (χ2v) is 6.42. The largest absolute Gasteiger partial charge is 0.367 e. The number of anilines is 1. The van der Waals surface area contributed by atoms with Gasteiger partial charge in [0.1, 0.15) is 5.82 Å². The molecule has 2 heterocycles. The molecular weight excluding hydrogens is 269 g/mol. The van der Waals surface area contributed by atoms with Crippen molar-refractivity contribution in [3.8, 4) is 0 Å². The lowest BCUT2D eigenvalue weighted by Crippen LogP contribution is -2.22. The smallest absolute Gasteiger partial charge is 0.193 e. The number of hydrogen-bond acceptors (Lipinski definition) is 4. The zero-order valence-corrected chi connectivity index (χ0v) is 11.9. The molecule has 0 unspecified atom stereocenters. The molecule has 4 rings (SSSR count). The Hall–Kier alpha value is -1.69. The fraction of sp³-hybridized carbons (Fsp3) is 0.600. The van der Waals surface area contributed by atoms with Crippen molar-refractivity contribution in [2.45, 2.75) is 50.6 Å². The van der Waals surface area contributed by atoms with E-state index in [1.807, 2.05) is 6.07 Å². The van der Waals surface area contributed by atoms with E-state index >= 15 is 0 Å². The van der Waals surface area contributed by atoms with E-state index in [1.165, 1.54) is 19.0 Å². The van der Waals surface area contributed by atoms with Crippen LogP contribution in [-0.2, 0) is 6.42 Å². The summed E-state index contributed by atoms with van der Waals surface area (Å²) in [5.41, 5.74) is 7.24. The van der Waals surface area contributed by atoms with Gasteiger partial charge in [0.2, 0.25) is 0 Å². The van der Waals surface area contributed by atoms with Crippen molar-refractivity contribution in [3.63, 3.8) is 0 Å². The first-order valence-electron chi connectivity index (χ1n) is 7.74. The highest BCUT2D eigenvalue weighted by molar-refractivity contribution is 5.50. The summed E-state index contributed by atoms with van der Waals surface area (Å²) in [4.78, 5) is 4.43. The fourth-order valence-electron chi connectivity index (χ4n) is 3.17. The number of rotatable bonds is 4. The number of aromatic nitrogens is 3. The molecule has 0 spiro atoms. The minimum Gasteiger partial charge on any atom is -0.367 e. The van der Waals surface area contributed by atoms with Crippen molar-refractivity contribution < 1.29 is 4.39 Å². The highest BCUT2D eigenvalue weighted by atomic mass is 19.1. The lowest BCUT2D eigenvalue weighted by Gasteiger charge is -2.15. The van der Waals surface area contributed by atoms with Crippen LogP contribution in [-0.4, -0.2) is 26.7 Å². The van der Waals surface area contributed by atoms with Gasteiger partial charge in [0.25, 0.3) is 0 Å². The second-order valence-electron chi connectivity index (χ2n) is 6.42. The average molecular weight is 289 g/mol. The first-order chi connectivity index (χ1) is 10.2. The standard InChI is InChI=1S/C15H20FN5/c16-13-8-18-21-14(19-11-4-3-10(17)6-11)7-12(20-15(13)21)5-9-1-2-9/h7-11,19H,1-6,17H2/t10-,11-/m0/s1. The van der Waals surface area contributed by atoms with Gasteiger partial charge in [0, 0.05) is 23.8 Å². The second kappa shape index (κ2) is 4.94. The van der Waals surface area contributed by atoms with Gasteiger partial charge in [-0.05, 0) is 44.4 Å². The number of nitrogens with zero attached hydrogens (tertiary/aromatic N) is 3. The Labute approximate surface area is 122 Å². The summed E-state index contributed by atoms with van der Waals surface area (Å²) in [7, 11) is 0. The molecule has 3 N–H and O–H groups in total. The summed E-state index contributed by atoms with van der Waals surface area (Å²) in [6.45, 7) is 0. The fourth-order valence-corrected chi connectivity index (χ4v) is 3.17. The van der Waals surface area contributed by atoms with Gasteiger partial charge in [-0.15, -0.1) is 0 Å². The average Bonchev–Trinajstić information content (AvgIpc) is 3.06. The van der Waals surface area contributed by atoms with E-state index in [2.05, 4.69) is 15.4 Å². The van der Waals surface area contributed by atoms with E-state index in [0.29, 0.717) is 11.7 Å². The van der Waals surface area contributed by atoms with Crippen LogP contribution in [0.15, 0.2) is 12.3 Å². The maximum Gasteiger partial charge on any atom is 0.193 e. The summed E-state index contributed by atoms with van der Waals surface area (Å²) in [6.07, 6.45) is 7.71. The van der Waals surface area contributed by atoms with Crippen LogP contribution in [0.4, 0.5) is 10.2 Å². The van der Waals surface area contributed by atoms with E-state index in [4.69, 9.17) is 5.73 Å². The molecule has 2 atom stereocenters. The Kier molecular flexibility index (Phi) is 3.06. The third-order valence-corrected chi connectivity index (χ3v) is 4.50. The minimum atomic E-state index is -0.362. The Balaban J connectivity index is 1.67. The molecule has 2 aromatic rings. The van der Waals surface area contributed by atoms with Crippen LogP contribution in [0.1, 0.15) is 37.8 Å². The van der Waals surface area contributed by atoms with Gasteiger partial charge in [-0.2, -0.15) is 9.61 Å². The number of nitrogens with one attached hydrogen (secondary N) is 1. The number of hydrogen-bond donors (Lipinski definition) is 2. The number of nitrogens with two attached hydrogens (primary N) is 1. The molecule has 112 valence electrons. The summed E-state index contributed by atoms with van der Waals surface area (Å²) >= 11 is 0. The molecule has 0 amide bonds. The highest BCUT2D eigenvalue weighted by Gasteiger charge is 2.25. The van der Waals surface area contributed by atoms with Crippen LogP contribution in [0.25, 0.3) is 5.65 Å². The Bertz CT molecular complexity index is 663. The minimum absolute atomic E-state index is 0.264. The molecule has 2 saturated carbocycles. The van der Waals surface area contributed by atoms with Crippen LogP contribution in [0.5, 0.6) is 0 Å². The number of halogens is 1. The Morgan fingerprint density at radius 2 is 2.19 bits per heavy atom. The molecule has 0 aliphatic heterocycles. The van der Waals surface area contributed by atoms with Gasteiger partial charge in [-0.1, -0.05) is 0 Å². The van der Waals surface area contributed by atoms with E-state index in [-0.39, 0.29) is 11.9 Å². The zero-order valence-electron chi connectivity index (χ0n) is 11.9. The molecule has 5 nitrogen and oxygen atoms in total. The number of fused-ring (bicyclic) bond motifs is 1. The van der Waals surface area contributed by atoms with Gasteiger partial charge in [-0.25, -0.2) is 9.37 Å². The molecule has 0 bridgehead atoms. The molecule has 0 aromatic carbocycles. The molecule has 21 heavy (non-hydrogen) atoms. The molecule has 0 saturated heterocycles. The van der Waals surface area contributed by atoms with Crippen molar-refractivity contribution in [3.05, 3.63) is 23.8 Å². The van der Waals surface area contributed by atoms with Crippen LogP contribution < -0.4 is 11.1 Å². The monoisotopic (exact) mass is 289 g/mol. The first-order valence-corrected chi connectivity index (χ1v) is 7.74. The molecule has 2 fully saturated rings. The summed E-state index contributed by atoms with van der Waals surface area (Å²) in [5.74, 6) is 1.19. The van der Waals surface area contributed by atoms with E-state index in [1.54, 1.807) is 4.52 Å². The van der Waals surface area contributed by atoms with Crippen LogP contribution in [0.2, 0.25) is 0 Å². The molecule has 2 aliphatic rings. The molecule has 0 radical (unpaired) electrons. The SMILES string of the molecule is N[C@H]1CC[C@H](Nc2cc(CC3CC3)nc3c(F)cnn23)C1. The predicted molar refractivity (Wildman–Crippen MR) is 78.6 cm³/mol. The third-order valence-electron chi connectivity index (χ3n) is 4.50. The Morgan fingerprint density at radius 1 is 1.33 bits per heavy atom. The van der Waals surface area contributed by atoms with Crippen LogP contribution in [0.3, 0.4) is 0 Å². The van der Waals surface area contributed by atoms with Crippen molar-refractivity contribution in [2.75, 3.05) is 5.32 Å². The summed E-state index contributed by atoms with van der Waals surface area (Å²) < 4.78 is 15.4. The maximum absolute atomic E-state index is 13.8. The van der Waals surface area contributed by atoms with Crippen molar-refractivity contribution in [2.24, 2.45) is 11.7 Å². The molecule has 2 aliphatic carbocycles. The molecular formula is C15H20FN5. The van der Waals surface area contributed by atoms with Crippen LogP contribution >= 0.6 is 0 Å². The van der Waals surface area contributed by atoms with Gasteiger partial charge < -0.3 is 11.1 Å². The lowest BCUT2D eigenvalue weighted by atomic mass is 10.2. The van der Waals surface area contributed by atoms with Gasteiger partial charge in [-0.3, -0.25) is 0 Å². The van der Waals surface area contributed by atoms with Gasteiger partial charge >= 0.3 is 0 Å². The third kappa shape index (κ3) is 2.60. The summed E-state index contributed by atoms with van der Waals surface area (Å²) in [6, 6.07) is 2.62. The zero-order chi connectivity index (χ0) is 14.4. The van der Waals surface area contributed by atoms with E-state index in [9.17, 15) is 4.39 Å². The van der Waals surface area contributed by atoms with Gasteiger partial charge in [0.05, 0.1) is 6.20 Å². The molecule has 6 heteroatoms. The Morgan fingerprint density at radius 3 is 2.90 bits per heavy atom. The van der Waals surface area contributed by atoms with E-state index in [0.717, 1.165) is 43.1 Å². The quantitative estimate of drug-likeness (QED) is 0.904. The normalized spacial score (nSPS) is 25.6. The van der Waals surface area contributed by atoms with Crippen molar-refractivity contribution >= 4 is 11.5 Å². The maximum atomic E-state index is 13.8. The molecule has 2 aromatic heterocycles. The lowest BCUT2D eigenvalue weighted by molar-refractivity contribution is 0.634. The topological polar surface area (TPSA) is 68.2 Å². The van der Waals surface area contributed by atoms with Crippen molar-refractivity contribution in [1.29, 1.82) is 0 Å². The first kappa shape index (κ1) is 13.0.